The summed E-state index contributed by atoms with van der Waals surface area (Å²) in [4.78, 5) is 16.9. The summed E-state index contributed by atoms with van der Waals surface area (Å²) in [5.41, 5.74) is 3.88. The molecule has 5 nitrogen and oxygen atoms in total. The Labute approximate surface area is 141 Å². The lowest BCUT2D eigenvalue weighted by atomic mass is 9.90. The van der Waals surface area contributed by atoms with E-state index >= 15 is 0 Å². The Morgan fingerprint density at radius 3 is 2.88 bits per heavy atom. The first-order valence-corrected chi connectivity index (χ1v) is 8.76. The molecule has 4 rings (SSSR count). The van der Waals surface area contributed by atoms with Gasteiger partial charge in [0.1, 0.15) is 6.26 Å². The predicted molar refractivity (Wildman–Crippen MR) is 90.3 cm³/mol. The van der Waals surface area contributed by atoms with Gasteiger partial charge in [-0.25, -0.2) is 4.98 Å². The minimum Gasteiger partial charge on any atom is -0.448 e. The van der Waals surface area contributed by atoms with Gasteiger partial charge < -0.3 is 14.5 Å². The van der Waals surface area contributed by atoms with Gasteiger partial charge in [-0.2, -0.15) is 0 Å². The molecular formula is C19H22N2O3. The van der Waals surface area contributed by atoms with Gasteiger partial charge in [-0.1, -0.05) is 12.1 Å². The van der Waals surface area contributed by atoms with Crippen LogP contribution in [0.4, 0.5) is 5.69 Å². The van der Waals surface area contributed by atoms with Crippen molar-refractivity contribution in [1.29, 1.82) is 0 Å². The molecule has 1 aliphatic carbocycles. The third-order valence-electron chi connectivity index (χ3n) is 4.97. The van der Waals surface area contributed by atoms with Crippen LogP contribution >= 0.6 is 0 Å². The summed E-state index contributed by atoms with van der Waals surface area (Å²) in [5.74, 6) is 0.708. The first-order chi connectivity index (χ1) is 11.8. The summed E-state index contributed by atoms with van der Waals surface area (Å²) < 4.78 is 10.9. The Bertz CT molecular complexity index is 732. The number of fused-ring (bicyclic) bond motifs is 1. The monoisotopic (exact) mass is 326 g/mol. The molecule has 1 saturated heterocycles. The zero-order valence-electron chi connectivity index (χ0n) is 13.7. The number of carbonyl (C=O) groups excluding carboxylic acids is 1. The highest BCUT2D eigenvalue weighted by Crippen LogP contribution is 2.29. The van der Waals surface area contributed by atoms with Gasteiger partial charge in [-0.3, -0.25) is 4.79 Å². The molecule has 0 radical (unpaired) electrons. The summed E-state index contributed by atoms with van der Waals surface area (Å²) in [6.45, 7) is 1.45. The molecule has 5 heteroatoms. The number of nitrogens with zero attached hydrogens (tertiary/aromatic N) is 1. The normalized spacial score (nSPS) is 18.2. The maximum atomic E-state index is 12.5. The van der Waals surface area contributed by atoms with Crippen LogP contribution in [0, 0.1) is 0 Å². The quantitative estimate of drug-likeness (QED) is 0.934. The van der Waals surface area contributed by atoms with E-state index in [1.165, 1.54) is 30.2 Å². The molecule has 1 fully saturated rings. The number of nitrogens with one attached hydrogen (secondary N) is 1. The second-order valence-corrected chi connectivity index (χ2v) is 6.56. The largest absolute Gasteiger partial charge is 0.448 e. The van der Waals surface area contributed by atoms with E-state index in [0.717, 1.165) is 44.6 Å². The summed E-state index contributed by atoms with van der Waals surface area (Å²) in [6.07, 6.45) is 7.78. The zero-order valence-corrected chi connectivity index (χ0v) is 13.7. The molecular weight excluding hydrogens is 304 g/mol. The van der Waals surface area contributed by atoms with E-state index in [-0.39, 0.29) is 11.8 Å². The lowest BCUT2D eigenvalue weighted by molar-refractivity contribution is 0.0794. The SMILES string of the molecule is O=C(Nc1cccc2c1CCCC2)c1coc(C2CCOCC2)n1. The second kappa shape index (κ2) is 6.77. The molecule has 0 bridgehead atoms. The van der Waals surface area contributed by atoms with Crippen LogP contribution in [-0.2, 0) is 17.6 Å². The Kier molecular flexibility index (Phi) is 4.34. The molecule has 2 heterocycles. The summed E-state index contributed by atoms with van der Waals surface area (Å²) >= 11 is 0. The topological polar surface area (TPSA) is 64.4 Å². The number of carbonyl (C=O) groups is 1. The van der Waals surface area contributed by atoms with Crippen molar-refractivity contribution in [3.8, 4) is 0 Å². The number of hydrogen-bond acceptors (Lipinski definition) is 4. The number of oxazole rings is 1. The Morgan fingerprint density at radius 2 is 2.00 bits per heavy atom. The number of amides is 1. The van der Waals surface area contributed by atoms with E-state index in [0.29, 0.717) is 11.6 Å². The van der Waals surface area contributed by atoms with E-state index in [4.69, 9.17) is 9.15 Å². The van der Waals surface area contributed by atoms with Gasteiger partial charge in [0.2, 0.25) is 0 Å². The van der Waals surface area contributed by atoms with Crippen molar-refractivity contribution in [3.63, 3.8) is 0 Å². The summed E-state index contributed by atoms with van der Waals surface area (Å²) in [6, 6.07) is 6.14. The molecule has 1 aromatic carbocycles. The smallest absolute Gasteiger partial charge is 0.277 e. The van der Waals surface area contributed by atoms with Crippen molar-refractivity contribution in [2.24, 2.45) is 0 Å². The molecule has 0 saturated carbocycles. The first-order valence-electron chi connectivity index (χ1n) is 8.76. The van der Waals surface area contributed by atoms with E-state index < -0.39 is 0 Å². The van der Waals surface area contributed by atoms with Crippen molar-refractivity contribution in [2.45, 2.75) is 44.4 Å². The van der Waals surface area contributed by atoms with Crippen molar-refractivity contribution in [1.82, 2.24) is 4.98 Å². The minimum absolute atomic E-state index is 0.198. The fourth-order valence-electron chi connectivity index (χ4n) is 3.61. The van der Waals surface area contributed by atoms with E-state index in [1.54, 1.807) is 0 Å². The molecule has 2 aromatic rings. The fourth-order valence-corrected chi connectivity index (χ4v) is 3.61. The molecule has 126 valence electrons. The highest BCUT2D eigenvalue weighted by atomic mass is 16.5. The molecule has 0 spiro atoms. The van der Waals surface area contributed by atoms with Crippen LogP contribution < -0.4 is 5.32 Å². The number of benzene rings is 1. The fraction of sp³-hybridized carbons (Fsp3) is 0.474. The number of anilines is 1. The van der Waals surface area contributed by atoms with Crippen LogP contribution in [0.15, 0.2) is 28.9 Å². The third kappa shape index (κ3) is 3.08. The molecule has 0 unspecified atom stereocenters. The van der Waals surface area contributed by atoms with Crippen molar-refractivity contribution < 1.29 is 13.9 Å². The molecule has 1 aromatic heterocycles. The lowest BCUT2D eigenvalue weighted by Gasteiger charge is -2.19. The minimum atomic E-state index is -0.198. The molecule has 1 amide bonds. The van der Waals surface area contributed by atoms with E-state index in [9.17, 15) is 4.79 Å². The molecule has 1 aliphatic heterocycles. The third-order valence-corrected chi connectivity index (χ3v) is 4.97. The van der Waals surface area contributed by atoms with Gasteiger partial charge in [0.25, 0.3) is 5.91 Å². The average molecular weight is 326 g/mol. The van der Waals surface area contributed by atoms with Crippen LogP contribution in [0.25, 0.3) is 0 Å². The Balaban J connectivity index is 1.50. The van der Waals surface area contributed by atoms with Gasteiger partial charge in [-0.05, 0) is 55.7 Å². The highest BCUT2D eigenvalue weighted by Gasteiger charge is 2.23. The standard InChI is InChI=1S/C19H22N2O3/c22-18(17-12-24-19(21-17)14-8-10-23-11-9-14)20-16-7-3-5-13-4-1-2-6-15(13)16/h3,5,7,12,14H,1-2,4,6,8-11H2,(H,20,22). The maximum Gasteiger partial charge on any atom is 0.277 e. The van der Waals surface area contributed by atoms with Gasteiger partial charge in [0.15, 0.2) is 11.6 Å². The number of aryl methyl sites for hydroxylation is 1. The number of rotatable bonds is 3. The van der Waals surface area contributed by atoms with Crippen LogP contribution in [-0.4, -0.2) is 24.1 Å². The van der Waals surface area contributed by atoms with Gasteiger partial charge >= 0.3 is 0 Å². The maximum absolute atomic E-state index is 12.5. The Morgan fingerprint density at radius 1 is 1.17 bits per heavy atom. The van der Waals surface area contributed by atoms with Crippen LogP contribution in [0.1, 0.15) is 59.1 Å². The molecule has 1 N–H and O–H groups in total. The predicted octanol–water partition coefficient (Wildman–Crippen LogP) is 3.70. The highest BCUT2D eigenvalue weighted by molar-refractivity contribution is 6.03. The number of ether oxygens (including phenoxy) is 1. The van der Waals surface area contributed by atoms with Crippen molar-refractivity contribution in [3.05, 3.63) is 47.2 Å². The molecule has 24 heavy (non-hydrogen) atoms. The summed E-state index contributed by atoms with van der Waals surface area (Å²) in [7, 11) is 0. The van der Waals surface area contributed by atoms with E-state index in [1.807, 2.05) is 12.1 Å². The average Bonchev–Trinajstić information content (AvgIpc) is 3.13. The first kappa shape index (κ1) is 15.4. The van der Waals surface area contributed by atoms with Gasteiger partial charge in [-0.15, -0.1) is 0 Å². The van der Waals surface area contributed by atoms with E-state index in [2.05, 4.69) is 16.4 Å². The van der Waals surface area contributed by atoms with Crippen molar-refractivity contribution >= 4 is 11.6 Å². The molecule has 0 atom stereocenters. The van der Waals surface area contributed by atoms with Gasteiger partial charge in [0, 0.05) is 24.8 Å². The summed E-state index contributed by atoms with van der Waals surface area (Å²) in [5, 5.41) is 3.02. The van der Waals surface area contributed by atoms with Crippen LogP contribution in [0.3, 0.4) is 0 Å². The van der Waals surface area contributed by atoms with Crippen LogP contribution in [0.5, 0.6) is 0 Å². The molecule has 2 aliphatic rings. The van der Waals surface area contributed by atoms with Crippen LogP contribution in [0.2, 0.25) is 0 Å². The zero-order chi connectivity index (χ0) is 16.4. The number of hydrogen-bond donors (Lipinski definition) is 1. The lowest BCUT2D eigenvalue weighted by Crippen LogP contribution is -2.17. The second-order valence-electron chi connectivity index (χ2n) is 6.56. The van der Waals surface area contributed by atoms with Gasteiger partial charge in [0.05, 0.1) is 0 Å². The van der Waals surface area contributed by atoms with Crippen molar-refractivity contribution in [2.75, 3.05) is 18.5 Å². The Hall–Kier alpha value is -2.14. The number of aromatic nitrogens is 1.